The molecule has 0 bridgehead atoms. The maximum Gasteiger partial charge on any atom is 0.385 e. The van der Waals surface area contributed by atoms with Gasteiger partial charge in [-0.2, -0.15) is 0 Å². The van der Waals surface area contributed by atoms with Gasteiger partial charge in [0.2, 0.25) is 5.91 Å². The van der Waals surface area contributed by atoms with Crippen molar-refractivity contribution in [3.63, 3.8) is 0 Å². The summed E-state index contributed by atoms with van der Waals surface area (Å²) in [4.78, 5) is 64.5. The van der Waals surface area contributed by atoms with Crippen molar-refractivity contribution < 1.29 is 52.4 Å². The molecule has 0 radical (unpaired) electrons. The van der Waals surface area contributed by atoms with Gasteiger partial charge in [0.1, 0.15) is 28.1 Å². The Labute approximate surface area is 124 Å². The number of nitrogens with zero attached hydrogens (tertiary/aromatic N) is 1. The fourth-order valence-electron chi connectivity index (χ4n) is 2.66. The summed E-state index contributed by atoms with van der Waals surface area (Å²) in [5, 5.41) is 2.38. The molecule has 1 aliphatic heterocycles. The van der Waals surface area contributed by atoms with Crippen LogP contribution >= 0.6 is 15.6 Å². The van der Waals surface area contributed by atoms with Crippen LogP contribution in [0.25, 0.3) is 0 Å². The van der Waals surface area contributed by atoms with Crippen molar-refractivity contribution in [1.29, 1.82) is 0 Å². The maximum atomic E-state index is 12.4. The van der Waals surface area contributed by atoms with Crippen molar-refractivity contribution in [2.75, 3.05) is 6.54 Å². The van der Waals surface area contributed by atoms with E-state index in [0.717, 1.165) is 6.92 Å². The summed E-state index contributed by atoms with van der Waals surface area (Å²) in [6.07, 6.45) is 0. The topological polar surface area (TPSA) is 191 Å². The smallest absolute Gasteiger partial charge is 0.385 e. The monoisotopic (exact) mass is 357 g/mol. The van der Waals surface area contributed by atoms with Crippen molar-refractivity contribution in [1.82, 2.24) is 5.32 Å². The molecular formula is C8H11N2O10P2-3. The van der Waals surface area contributed by atoms with Crippen molar-refractivity contribution in [3.8, 4) is 0 Å². The fourth-order valence-corrected chi connectivity index (χ4v) is 3.82. The largest absolute Gasteiger partial charge is 0.785 e. The van der Waals surface area contributed by atoms with E-state index in [4.69, 9.17) is 0 Å². The molecule has 3 atom stereocenters. The number of rotatable bonds is 6. The van der Waals surface area contributed by atoms with Crippen LogP contribution in [0.5, 0.6) is 0 Å². The predicted molar refractivity (Wildman–Crippen MR) is 56.7 cm³/mol. The molecule has 2 rings (SSSR count). The van der Waals surface area contributed by atoms with E-state index < -0.39 is 56.2 Å². The number of carbonyl (C=O) groups excluding carboxylic acids is 2. The van der Waals surface area contributed by atoms with Gasteiger partial charge < -0.3 is 34.0 Å². The molecule has 1 heterocycles. The number of fused-ring (bicyclic) bond motifs is 1. The zero-order chi connectivity index (χ0) is 17.1. The van der Waals surface area contributed by atoms with Gasteiger partial charge in [-0.05, 0) is 13.8 Å². The summed E-state index contributed by atoms with van der Waals surface area (Å²) >= 11 is 0. The molecule has 12 nitrogen and oxygen atoms in total. The summed E-state index contributed by atoms with van der Waals surface area (Å²) in [7, 11) is -11.8. The molecule has 126 valence electrons. The molecular weight excluding hydrogens is 346 g/mol. The van der Waals surface area contributed by atoms with Gasteiger partial charge in [0, 0.05) is 4.81 Å². The zero-order valence-corrected chi connectivity index (χ0v) is 13.1. The minimum atomic E-state index is -5.89. The van der Waals surface area contributed by atoms with Crippen LogP contribution < -0.4 is 24.9 Å². The Bertz CT molecular complexity index is 600. The van der Waals surface area contributed by atoms with Crippen LogP contribution in [0.1, 0.15) is 13.8 Å². The average molecular weight is 357 g/mol. The van der Waals surface area contributed by atoms with E-state index >= 15 is 0 Å². The molecule has 2 aliphatic rings. The lowest BCUT2D eigenvalue weighted by Gasteiger charge is -2.41. The van der Waals surface area contributed by atoms with Crippen LogP contribution in [0.2, 0.25) is 0 Å². The number of quaternary nitrogens is 1. The first-order valence-electron chi connectivity index (χ1n) is 5.97. The Balaban J connectivity index is 2.35. The Morgan fingerprint density at radius 3 is 1.95 bits per heavy atom. The lowest BCUT2D eigenvalue weighted by molar-refractivity contribution is -1.16. The number of β-lactam (4-membered cyclic amide) rings is 1. The SMILES string of the molecule is CC[N+](OP(=O)([O-])[O-])(OP(=O)([O-])[O-])C(=O)C1C2C(=O)NC21C. The van der Waals surface area contributed by atoms with Crippen molar-refractivity contribution in [3.05, 3.63) is 0 Å². The van der Waals surface area contributed by atoms with Crippen LogP contribution in [0.15, 0.2) is 0 Å². The number of phosphoric acid groups is 2. The first kappa shape index (κ1) is 17.7. The summed E-state index contributed by atoms with van der Waals surface area (Å²) in [6.45, 7) is 1.72. The van der Waals surface area contributed by atoms with Crippen LogP contribution in [0.4, 0.5) is 0 Å². The van der Waals surface area contributed by atoms with Crippen molar-refractivity contribution in [2.24, 2.45) is 11.8 Å². The lowest BCUT2D eigenvalue weighted by atomic mass is 10.1. The average Bonchev–Trinajstić information content (AvgIpc) is 2.80. The molecule has 2 amide bonds. The summed E-state index contributed by atoms with van der Waals surface area (Å²) in [6, 6.07) is 0. The number of amides is 2. The van der Waals surface area contributed by atoms with Gasteiger partial charge in [-0.15, -0.1) is 9.25 Å². The number of hydrogen-bond acceptors (Lipinski definition) is 10. The van der Waals surface area contributed by atoms with E-state index in [-0.39, 0.29) is 0 Å². The Hall–Kier alpha value is -0.680. The summed E-state index contributed by atoms with van der Waals surface area (Å²) in [5.41, 5.74) is -1.01. The molecule has 1 saturated heterocycles. The standard InChI is InChI=1S/C8H14N2O10P2/c1-3-10(19-21(13,14)15,20-22(16,17)18)7(12)5-4-6(11)9-8(4,5)2/h4-5H,3H2,1-2H3,(H4-,9,11,13,14,15,16,17,18)/p-3. The van der Waals surface area contributed by atoms with Gasteiger partial charge in [-0.1, -0.05) is 0 Å². The van der Waals surface area contributed by atoms with Gasteiger partial charge in [0.25, 0.3) is 0 Å². The Kier molecular flexibility index (Phi) is 3.94. The zero-order valence-electron chi connectivity index (χ0n) is 11.3. The van der Waals surface area contributed by atoms with Crippen LogP contribution in [-0.2, 0) is 28.0 Å². The third-order valence-corrected chi connectivity index (χ3v) is 4.60. The predicted octanol–water partition coefficient (Wildman–Crippen LogP) is -4.00. The maximum absolute atomic E-state index is 12.4. The van der Waals surface area contributed by atoms with Gasteiger partial charge >= 0.3 is 5.91 Å². The van der Waals surface area contributed by atoms with Crippen LogP contribution in [-0.4, -0.2) is 28.7 Å². The molecule has 3 unspecified atom stereocenters. The number of nitrogens with one attached hydrogen (secondary N) is 1. The molecule has 1 N–H and O–H groups in total. The van der Waals surface area contributed by atoms with Gasteiger partial charge in [-0.3, -0.25) is 4.79 Å². The van der Waals surface area contributed by atoms with Crippen molar-refractivity contribution in [2.45, 2.75) is 19.4 Å². The molecule has 1 saturated carbocycles. The minimum absolute atomic E-state index is 0.505. The molecule has 0 aromatic heterocycles. The number of hydroxylamine groups is 4. The van der Waals surface area contributed by atoms with Crippen LogP contribution in [0.3, 0.4) is 0 Å². The van der Waals surface area contributed by atoms with E-state index in [1.54, 1.807) is 0 Å². The number of carbonyl (C=O) groups is 2. The third-order valence-electron chi connectivity index (χ3n) is 3.67. The van der Waals surface area contributed by atoms with Crippen molar-refractivity contribution >= 4 is 27.5 Å². The Morgan fingerprint density at radius 2 is 1.73 bits per heavy atom. The molecule has 14 heteroatoms. The molecule has 0 aromatic carbocycles. The quantitative estimate of drug-likeness (QED) is 0.212. The Morgan fingerprint density at radius 1 is 1.27 bits per heavy atom. The van der Waals surface area contributed by atoms with Gasteiger partial charge in [0.05, 0.1) is 11.5 Å². The van der Waals surface area contributed by atoms with E-state index in [0.29, 0.717) is 0 Å². The normalized spacial score (nSPS) is 31.1. The second kappa shape index (κ2) is 4.91. The summed E-state index contributed by atoms with van der Waals surface area (Å²) in [5.74, 6) is -3.84. The van der Waals surface area contributed by atoms with E-state index in [1.807, 2.05) is 0 Å². The highest BCUT2D eigenvalue weighted by Crippen LogP contribution is 2.59. The second-order valence-corrected chi connectivity index (χ2v) is 7.23. The highest BCUT2D eigenvalue weighted by Gasteiger charge is 2.81. The summed E-state index contributed by atoms with van der Waals surface area (Å²) < 4.78 is 29.4. The van der Waals surface area contributed by atoms with Gasteiger partial charge in [0.15, 0.2) is 0 Å². The molecule has 22 heavy (non-hydrogen) atoms. The minimum Gasteiger partial charge on any atom is -0.785 e. The molecule has 1 aliphatic carbocycles. The fraction of sp³-hybridized carbons (Fsp3) is 0.750. The van der Waals surface area contributed by atoms with E-state index in [9.17, 15) is 38.3 Å². The molecule has 0 spiro atoms. The third kappa shape index (κ3) is 2.90. The van der Waals surface area contributed by atoms with Crippen LogP contribution in [0, 0.1) is 11.8 Å². The first-order valence-corrected chi connectivity index (χ1v) is 8.89. The molecule has 0 aromatic rings. The molecule has 2 fully saturated rings. The highest BCUT2D eigenvalue weighted by atomic mass is 31.2. The first-order chi connectivity index (χ1) is 9.76. The van der Waals surface area contributed by atoms with E-state index in [1.165, 1.54) is 6.92 Å². The second-order valence-electron chi connectivity index (χ2n) is 5.11. The van der Waals surface area contributed by atoms with Gasteiger partial charge in [-0.25, -0.2) is 4.79 Å². The highest BCUT2D eigenvalue weighted by molar-refractivity contribution is 7.43. The number of hydrogen-bond donors (Lipinski definition) is 1. The van der Waals surface area contributed by atoms with E-state index in [2.05, 4.69) is 14.6 Å². The lowest BCUT2D eigenvalue weighted by Crippen LogP contribution is -2.55.